The molecule has 0 aliphatic carbocycles. The number of halogens is 1. The molecule has 0 aromatic carbocycles. The summed E-state index contributed by atoms with van der Waals surface area (Å²) in [7, 11) is -2.71. The van der Waals surface area contributed by atoms with Crippen molar-refractivity contribution < 1.29 is 26.1 Å². The van der Waals surface area contributed by atoms with Crippen LogP contribution in [0.15, 0.2) is 0 Å². The van der Waals surface area contributed by atoms with Gasteiger partial charge in [-0.2, -0.15) is 0 Å². The van der Waals surface area contributed by atoms with Crippen molar-refractivity contribution in [2.75, 3.05) is 18.1 Å². The Morgan fingerprint density at radius 1 is 1.50 bits per heavy atom. The molecule has 0 spiro atoms. The Kier molecular flexibility index (Phi) is 4.00. The average Bonchev–Trinajstić information content (AvgIpc) is 2.07. The number of rotatable bonds is 2. The lowest BCUT2D eigenvalue weighted by Gasteiger charge is -2.18. The van der Waals surface area contributed by atoms with Gasteiger partial charge in [-0.25, -0.2) is 8.42 Å². The lowest BCUT2D eigenvalue weighted by atomic mass is 10.0. The van der Waals surface area contributed by atoms with Crippen LogP contribution in [0, 0.1) is 0 Å². The molecule has 1 unspecified atom stereocenters. The Bertz CT molecular complexity index is 240. The maximum atomic E-state index is 11.1. The molecule has 5 heteroatoms. The second-order valence-corrected chi connectivity index (χ2v) is 5.79. The molecule has 1 rings (SSSR count). The zero-order chi connectivity index (χ0) is 8.54. The van der Waals surface area contributed by atoms with E-state index in [1.165, 1.54) is 0 Å². The molecule has 0 aromatic rings. The molecule has 3 nitrogen and oxygen atoms in total. The number of hydrogen-bond donors (Lipinski definition) is 1. The van der Waals surface area contributed by atoms with Gasteiger partial charge >= 0.3 is 0 Å². The number of nitrogens with two attached hydrogens (primary N) is 1. The molecule has 0 bridgehead atoms. The van der Waals surface area contributed by atoms with Crippen LogP contribution in [-0.2, 0) is 9.84 Å². The largest absolute Gasteiger partial charge is 1.00 e. The summed E-state index contributed by atoms with van der Waals surface area (Å²) in [5, 5.41) is 2.12. The van der Waals surface area contributed by atoms with Crippen LogP contribution in [0.25, 0.3) is 0 Å². The summed E-state index contributed by atoms with van der Waals surface area (Å²) in [4.78, 5) is 0. The third-order valence-electron chi connectivity index (χ3n) is 2.23. The van der Waals surface area contributed by atoms with Crippen LogP contribution in [0.3, 0.4) is 0 Å². The van der Waals surface area contributed by atoms with Crippen molar-refractivity contribution in [3.05, 3.63) is 0 Å². The van der Waals surface area contributed by atoms with E-state index in [0.717, 1.165) is 13.0 Å². The molecular formula is C7H16ClNO2S. The van der Waals surface area contributed by atoms with E-state index >= 15 is 0 Å². The maximum Gasteiger partial charge on any atom is 0.156 e. The van der Waals surface area contributed by atoms with Crippen molar-refractivity contribution in [1.29, 1.82) is 0 Å². The predicted molar refractivity (Wildman–Crippen MR) is 44.1 cm³/mol. The molecule has 1 atom stereocenters. The highest BCUT2D eigenvalue weighted by molar-refractivity contribution is 7.91. The standard InChI is InChI=1S/C7H15NO2S.ClH/c1-3-8-7(2)4-5-11(9,10)6-7;/h8H,3-6H2,1-2H3;1H. The molecule has 2 N–H and O–H groups in total. The van der Waals surface area contributed by atoms with E-state index in [9.17, 15) is 8.42 Å². The van der Waals surface area contributed by atoms with Gasteiger partial charge in [-0.15, -0.1) is 0 Å². The van der Waals surface area contributed by atoms with Gasteiger partial charge in [0.05, 0.1) is 12.3 Å². The minimum Gasteiger partial charge on any atom is -1.00 e. The topological polar surface area (TPSA) is 50.8 Å². The normalized spacial score (nSPS) is 32.8. The van der Waals surface area contributed by atoms with Crippen molar-refractivity contribution in [1.82, 2.24) is 0 Å². The van der Waals surface area contributed by atoms with Gasteiger partial charge in [-0.05, 0) is 13.8 Å². The molecule has 12 heavy (non-hydrogen) atoms. The van der Waals surface area contributed by atoms with Crippen molar-refractivity contribution in [3.63, 3.8) is 0 Å². The SMILES string of the molecule is CC[NH2+]C1(C)CCS(=O)(=O)C1.[Cl-]. The second kappa shape index (κ2) is 3.94. The van der Waals surface area contributed by atoms with Gasteiger partial charge in [0.25, 0.3) is 0 Å². The third kappa shape index (κ3) is 2.92. The van der Waals surface area contributed by atoms with E-state index in [-0.39, 0.29) is 17.9 Å². The summed E-state index contributed by atoms with van der Waals surface area (Å²) in [5.74, 6) is 0.730. The highest BCUT2D eigenvalue weighted by Crippen LogP contribution is 2.18. The molecule has 74 valence electrons. The van der Waals surface area contributed by atoms with Crippen LogP contribution in [0.5, 0.6) is 0 Å². The minimum atomic E-state index is -2.71. The van der Waals surface area contributed by atoms with Gasteiger partial charge in [0.15, 0.2) is 9.84 Å². The lowest BCUT2D eigenvalue weighted by Crippen LogP contribution is -3.00. The van der Waals surface area contributed by atoms with Crippen molar-refractivity contribution >= 4 is 9.84 Å². The summed E-state index contributed by atoms with van der Waals surface area (Å²) in [5.41, 5.74) is -0.0341. The fraction of sp³-hybridized carbons (Fsp3) is 1.00. The molecule has 1 saturated heterocycles. The van der Waals surface area contributed by atoms with E-state index in [1.54, 1.807) is 0 Å². The maximum absolute atomic E-state index is 11.1. The molecule has 0 aromatic heterocycles. The fourth-order valence-corrected chi connectivity index (χ4v) is 3.88. The number of quaternary nitrogens is 1. The van der Waals surface area contributed by atoms with E-state index < -0.39 is 9.84 Å². The molecule has 1 fully saturated rings. The summed E-state index contributed by atoms with van der Waals surface area (Å²) >= 11 is 0. The smallest absolute Gasteiger partial charge is 0.156 e. The quantitative estimate of drug-likeness (QED) is 0.511. The number of hydrogen-bond acceptors (Lipinski definition) is 2. The van der Waals surface area contributed by atoms with Gasteiger partial charge in [0.1, 0.15) is 11.3 Å². The Morgan fingerprint density at radius 3 is 2.42 bits per heavy atom. The van der Waals surface area contributed by atoms with Crippen molar-refractivity contribution in [2.24, 2.45) is 0 Å². The molecule has 1 heterocycles. The fourth-order valence-electron chi connectivity index (χ4n) is 1.69. The molecule has 0 amide bonds. The molecule has 0 saturated carbocycles. The summed E-state index contributed by atoms with van der Waals surface area (Å²) < 4.78 is 22.2. The second-order valence-electron chi connectivity index (χ2n) is 3.61. The molecule has 0 radical (unpaired) electrons. The molecular weight excluding hydrogens is 198 g/mol. The highest BCUT2D eigenvalue weighted by atomic mass is 35.5. The first-order valence-electron chi connectivity index (χ1n) is 4.02. The van der Waals surface area contributed by atoms with Gasteiger partial charge in [-0.3, -0.25) is 0 Å². The summed E-state index contributed by atoms with van der Waals surface area (Å²) in [6.07, 6.45) is 0.809. The minimum absolute atomic E-state index is 0. The van der Waals surface area contributed by atoms with Crippen LogP contribution < -0.4 is 17.7 Å². The first kappa shape index (κ1) is 12.2. The van der Waals surface area contributed by atoms with E-state index in [1.807, 2.05) is 6.92 Å². The Morgan fingerprint density at radius 2 is 2.08 bits per heavy atom. The van der Waals surface area contributed by atoms with Crippen molar-refractivity contribution in [2.45, 2.75) is 25.8 Å². The Labute approximate surface area is 80.3 Å². The summed E-state index contributed by atoms with van der Waals surface area (Å²) in [6.45, 7) is 5.04. The first-order chi connectivity index (χ1) is 4.97. The van der Waals surface area contributed by atoms with Gasteiger partial charge in [0, 0.05) is 6.42 Å². The zero-order valence-corrected chi connectivity index (χ0v) is 9.08. The molecule has 1 aliphatic rings. The Hall–Kier alpha value is 0.200. The average molecular weight is 214 g/mol. The third-order valence-corrected chi connectivity index (χ3v) is 4.16. The van der Waals surface area contributed by atoms with Gasteiger partial charge < -0.3 is 17.7 Å². The molecule has 1 aliphatic heterocycles. The predicted octanol–water partition coefficient (Wildman–Crippen LogP) is -3.85. The monoisotopic (exact) mass is 213 g/mol. The van der Waals surface area contributed by atoms with E-state index in [4.69, 9.17) is 0 Å². The van der Waals surface area contributed by atoms with Crippen molar-refractivity contribution in [3.8, 4) is 0 Å². The number of sulfone groups is 1. The van der Waals surface area contributed by atoms with Gasteiger partial charge in [-0.1, -0.05) is 0 Å². The van der Waals surface area contributed by atoms with Crippen LogP contribution in [0.1, 0.15) is 20.3 Å². The van der Waals surface area contributed by atoms with Gasteiger partial charge in [0.2, 0.25) is 0 Å². The highest BCUT2D eigenvalue weighted by Gasteiger charge is 2.40. The summed E-state index contributed by atoms with van der Waals surface area (Å²) in [6, 6.07) is 0. The van der Waals surface area contributed by atoms with Crippen LogP contribution in [0.4, 0.5) is 0 Å². The van der Waals surface area contributed by atoms with Crippen LogP contribution >= 0.6 is 0 Å². The van der Waals surface area contributed by atoms with Crippen LogP contribution in [0.2, 0.25) is 0 Å². The lowest BCUT2D eigenvalue weighted by molar-refractivity contribution is -0.716. The zero-order valence-electron chi connectivity index (χ0n) is 7.51. The van der Waals surface area contributed by atoms with E-state index in [2.05, 4.69) is 12.2 Å². The first-order valence-corrected chi connectivity index (χ1v) is 5.84. The van der Waals surface area contributed by atoms with E-state index in [0.29, 0.717) is 11.5 Å². The Balaban J connectivity index is 0.00000121. The van der Waals surface area contributed by atoms with Crippen LogP contribution in [-0.4, -0.2) is 32.0 Å².